The van der Waals surface area contributed by atoms with Crippen LogP contribution in [0.5, 0.6) is 0 Å². The molecule has 2 rings (SSSR count). The second-order valence-corrected chi connectivity index (χ2v) is 16.8. The van der Waals surface area contributed by atoms with E-state index in [1.54, 1.807) is 6.08 Å². The first-order valence-electron chi connectivity index (χ1n) is 24.6. The fraction of sp³-hybridized carbons (Fsp3) is 0.642. The van der Waals surface area contributed by atoms with E-state index in [4.69, 9.17) is 18.9 Å². The summed E-state index contributed by atoms with van der Waals surface area (Å²) in [4.78, 5) is 13.1. The van der Waals surface area contributed by atoms with Gasteiger partial charge in [-0.05, 0) is 83.5 Å². The van der Waals surface area contributed by atoms with Gasteiger partial charge in [-0.25, -0.2) is 0 Å². The Labute approximate surface area is 400 Å². The van der Waals surface area contributed by atoms with E-state index in [9.17, 15) is 45.6 Å². The third kappa shape index (κ3) is 25.7. The number of ether oxygens (including phenoxy) is 4. The van der Waals surface area contributed by atoms with Crippen molar-refractivity contribution in [2.24, 2.45) is 0 Å². The Morgan fingerprint density at radius 2 is 1.04 bits per heavy atom. The summed E-state index contributed by atoms with van der Waals surface area (Å²) < 4.78 is 22.6. The minimum atomic E-state index is -1.80. The smallest absolute Gasteiger partial charge is 0.220 e. The first kappa shape index (κ1) is 59.8. The summed E-state index contributed by atoms with van der Waals surface area (Å²) in [5, 5.41) is 86.4. The molecule has 12 unspecified atom stereocenters. The number of aliphatic hydroxyl groups is 8. The van der Waals surface area contributed by atoms with Crippen molar-refractivity contribution in [1.82, 2.24) is 5.32 Å². The summed E-state index contributed by atoms with van der Waals surface area (Å²) in [6.07, 6.45) is 35.9. The molecule has 1 amide bonds. The van der Waals surface area contributed by atoms with Gasteiger partial charge in [-0.15, -0.1) is 0 Å². The van der Waals surface area contributed by atoms with Crippen LogP contribution in [-0.2, 0) is 23.7 Å². The van der Waals surface area contributed by atoms with Gasteiger partial charge >= 0.3 is 0 Å². The van der Waals surface area contributed by atoms with Crippen molar-refractivity contribution < 1.29 is 64.6 Å². The van der Waals surface area contributed by atoms with Crippen molar-refractivity contribution in [3.05, 3.63) is 109 Å². The molecule has 9 N–H and O–H groups in total. The number of carbonyl (C=O) groups is 1. The number of amides is 1. The number of rotatable bonds is 35. The van der Waals surface area contributed by atoms with E-state index in [1.807, 2.05) is 6.08 Å². The van der Waals surface area contributed by atoms with Gasteiger partial charge in [0, 0.05) is 6.42 Å². The summed E-state index contributed by atoms with van der Waals surface area (Å²) in [5.41, 5.74) is 0. The second kappa shape index (κ2) is 38.5. The molecule has 0 saturated carbocycles. The van der Waals surface area contributed by atoms with E-state index < -0.39 is 86.8 Å². The lowest BCUT2D eigenvalue weighted by molar-refractivity contribution is -0.359. The van der Waals surface area contributed by atoms with Gasteiger partial charge in [0.05, 0.1) is 32.0 Å². The van der Waals surface area contributed by atoms with Gasteiger partial charge in [0.15, 0.2) is 12.6 Å². The second-order valence-electron chi connectivity index (χ2n) is 16.8. The number of carbonyl (C=O) groups excluding carboxylic acids is 1. The quantitative estimate of drug-likeness (QED) is 0.0257. The number of allylic oxidation sites excluding steroid dienone is 17. The maximum atomic E-state index is 13.1. The summed E-state index contributed by atoms with van der Waals surface area (Å²) in [7, 11) is 0. The maximum absolute atomic E-state index is 13.1. The fourth-order valence-corrected chi connectivity index (χ4v) is 7.15. The highest BCUT2D eigenvalue weighted by Crippen LogP contribution is 2.30. The Morgan fingerprint density at radius 3 is 1.61 bits per heavy atom. The van der Waals surface area contributed by atoms with Crippen LogP contribution in [0.15, 0.2) is 109 Å². The molecule has 2 heterocycles. The van der Waals surface area contributed by atoms with Crippen LogP contribution in [0, 0.1) is 0 Å². The van der Waals surface area contributed by atoms with E-state index in [-0.39, 0.29) is 18.9 Å². The lowest BCUT2D eigenvalue weighted by Crippen LogP contribution is -2.65. The molecule has 0 radical (unpaired) electrons. The van der Waals surface area contributed by atoms with Crippen LogP contribution in [-0.4, -0.2) is 140 Å². The van der Waals surface area contributed by atoms with Gasteiger partial charge in [0.1, 0.15) is 48.8 Å². The predicted octanol–water partition coefficient (Wildman–Crippen LogP) is 6.15. The molecule has 2 saturated heterocycles. The molecular weight excluding hydrogens is 859 g/mol. The number of hydrogen-bond acceptors (Lipinski definition) is 13. The van der Waals surface area contributed by atoms with E-state index in [0.717, 1.165) is 89.9 Å². The number of hydrogen-bond donors (Lipinski definition) is 9. The molecule has 0 aromatic rings. The minimum absolute atomic E-state index is 0.225. The zero-order chi connectivity index (χ0) is 48.9. The average Bonchev–Trinajstić information content (AvgIpc) is 3.32. The monoisotopic (exact) mass is 944 g/mol. The van der Waals surface area contributed by atoms with Crippen molar-refractivity contribution in [2.45, 2.75) is 197 Å². The molecule has 2 aliphatic heterocycles. The zero-order valence-electron chi connectivity index (χ0n) is 40.1. The van der Waals surface area contributed by atoms with Crippen LogP contribution in [0.25, 0.3) is 0 Å². The van der Waals surface area contributed by atoms with Gasteiger partial charge in [-0.2, -0.15) is 0 Å². The van der Waals surface area contributed by atoms with Crippen molar-refractivity contribution >= 4 is 5.91 Å². The number of nitrogens with one attached hydrogen (secondary N) is 1. The van der Waals surface area contributed by atoms with Crippen LogP contribution in [0.3, 0.4) is 0 Å². The molecule has 12 atom stereocenters. The van der Waals surface area contributed by atoms with Crippen molar-refractivity contribution in [3.8, 4) is 0 Å². The molecule has 67 heavy (non-hydrogen) atoms. The molecule has 2 aliphatic rings. The Kier molecular flexibility index (Phi) is 34.3. The van der Waals surface area contributed by atoms with Gasteiger partial charge in [0.25, 0.3) is 0 Å². The summed E-state index contributed by atoms with van der Waals surface area (Å²) in [5.74, 6) is -0.292. The molecule has 2 fully saturated rings. The summed E-state index contributed by atoms with van der Waals surface area (Å²) in [6, 6.07) is -0.954. The van der Waals surface area contributed by atoms with E-state index in [1.165, 1.54) is 0 Å². The third-order valence-electron chi connectivity index (χ3n) is 11.2. The van der Waals surface area contributed by atoms with Crippen LogP contribution in [0.4, 0.5) is 0 Å². The molecule has 0 bridgehead atoms. The van der Waals surface area contributed by atoms with Gasteiger partial charge in [-0.1, -0.05) is 142 Å². The Balaban J connectivity index is 1.79. The molecule has 14 heteroatoms. The molecular formula is C53H85NO13. The third-order valence-corrected chi connectivity index (χ3v) is 11.2. The van der Waals surface area contributed by atoms with E-state index >= 15 is 0 Å². The number of aliphatic hydroxyl groups excluding tert-OH is 8. The largest absolute Gasteiger partial charge is 0.394 e. The topological polar surface area (TPSA) is 228 Å². The highest BCUT2D eigenvalue weighted by atomic mass is 16.7. The summed E-state index contributed by atoms with van der Waals surface area (Å²) >= 11 is 0. The average molecular weight is 944 g/mol. The molecule has 14 nitrogen and oxygen atoms in total. The fourth-order valence-electron chi connectivity index (χ4n) is 7.15. The maximum Gasteiger partial charge on any atom is 0.220 e. The van der Waals surface area contributed by atoms with E-state index in [0.29, 0.717) is 12.8 Å². The van der Waals surface area contributed by atoms with Crippen LogP contribution < -0.4 is 5.32 Å². The van der Waals surface area contributed by atoms with Crippen LogP contribution in [0.1, 0.15) is 123 Å². The summed E-state index contributed by atoms with van der Waals surface area (Å²) in [6.45, 7) is 2.50. The highest BCUT2D eigenvalue weighted by molar-refractivity contribution is 5.76. The standard InChI is InChI=1S/C53H85NO13/c1-3-5-7-9-11-13-14-15-16-17-18-19-20-21-22-23-24-25-26-27-28-29-31-33-35-37-45(58)54-41(42(57)36-34-32-30-12-10-8-6-4-2)40-64-52-50(63)48(61)51(44(39-56)66-52)67-53-49(62)47(60)46(59)43(38-55)65-53/h5,7,10-13,15-16,18-19,21-22,24-25,27-28,34,36,41-44,46-53,55-57,59-63H,3-4,6,8-9,14,17,20,23,26,29-33,35,37-40H2,1-2H3,(H,54,58)/b7-5-,12-10+,13-11-,16-15-,19-18-,22-21-,25-24-,28-27-,36-34+. The molecule has 0 aromatic heterocycles. The first-order valence-corrected chi connectivity index (χ1v) is 24.6. The molecule has 380 valence electrons. The molecule has 0 aliphatic carbocycles. The van der Waals surface area contributed by atoms with Crippen molar-refractivity contribution in [3.63, 3.8) is 0 Å². The normalized spacial score (nSPS) is 27.6. The van der Waals surface area contributed by atoms with Crippen molar-refractivity contribution in [1.29, 1.82) is 0 Å². The molecule has 0 spiro atoms. The Morgan fingerprint density at radius 1 is 0.552 bits per heavy atom. The minimum Gasteiger partial charge on any atom is -0.394 e. The zero-order valence-corrected chi connectivity index (χ0v) is 40.1. The lowest BCUT2D eigenvalue weighted by Gasteiger charge is -2.46. The van der Waals surface area contributed by atoms with Gasteiger partial charge < -0.3 is 65.1 Å². The predicted molar refractivity (Wildman–Crippen MR) is 262 cm³/mol. The first-order chi connectivity index (χ1) is 32.6. The van der Waals surface area contributed by atoms with E-state index in [2.05, 4.69) is 116 Å². The van der Waals surface area contributed by atoms with Gasteiger partial charge in [-0.3, -0.25) is 4.79 Å². The van der Waals surface area contributed by atoms with Crippen LogP contribution in [0.2, 0.25) is 0 Å². The van der Waals surface area contributed by atoms with Crippen LogP contribution >= 0.6 is 0 Å². The molecule has 0 aromatic carbocycles. The van der Waals surface area contributed by atoms with Crippen molar-refractivity contribution in [2.75, 3.05) is 19.8 Å². The highest BCUT2D eigenvalue weighted by Gasteiger charge is 2.51. The lowest BCUT2D eigenvalue weighted by atomic mass is 9.97. The Bertz CT molecular complexity index is 1540. The number of unbranched alkanes of at least 4 members (excludes halogenated alkanes) is 6. The SMILES string of the molecule is CC/C=C\C/C=C\C/C=C\C/C=C\C/C=C\C/C=C\C/C=C\CCCCCC(=O)NC(COC1OC(CO)C(OC2OC(CO)C(O)C(O)C2O)C(O)C1O)C(O)/C=C/CC/C=C/CCCC. The van der Waals surface area contributed by atoms with Gasteiger partial charge in [0.2, 0.25) is 5.91 Å². The Hall–Kier alpha value is -3.35.